The lowest BCUT2D eigenvalue weighted by Gasteiger charge is -2.42. The average molecular weight is 657 g/mol. The van der Waals surface area contributed by atoms with Crippen LogP contribution in [-0.2, 0) is 29.0 Å². The second-order valence-electron chi connectivity index (χ2n) is 12.4. The van der Waals surface area contributed by atoms with Gasteiger partial charge in [-0.2, -0.15) is 0 Å². The van der Waals surface area contributed by atoms with E-state index in [2.05, 4.69) is 4.90 Å². The predicted octanol–water partition coefficient (Wildman–Crippen LogP) is 4.46. The maximum atomic E-state index is 13.1. The first-order chi connectivity index (χ1) is 23.3. The van der Waals surface area contributed by atoms with Crippen LogP contribution < -0.4 is 25.2 Å². The van der Waals surface area contributed by atoms with E-state index >= 15 is 0 Å². The molecule has 2 aliphatic heterocycles. The van der Waals surface area contributed by atoms with Gasteiger partial charge < -0.3 is 33.0 Å². The molecular weight excluding hydrogens is 616 g/mol. The highest BCUT2D eigenvalue weighted by Gasteiger charge is 2.35. The third-order valence-electron chi connectivity index (χ3n) is 9.25. The predicted molar refractivity (Wildman–Crippen MR) is 177 cm³/mol. The molecule has 0 radical (unpaired) electrons. The van der Waals surface area contributed by atoms with Crippen molar-refractivity contribution in [3.63, 3.8) is 0 Å². The minimum atomic E-state index is -0.841. The van der Waals surface area contributed by atoms with Crippen molar-refractivity contribution in [3.05, 3.63) is 116 Å². The van der Waals surface area contributed by atoms with Crippen LogP contribution in [0.3, 0.4) is 0 Å². The summed E-state index contributed by atoms with van der Waals surface area (Å²) in [7, 11) is 4.43. The summed E-state index contributed by atoms with van der Waals surface area (Å²) in [6.45, 7) is 2.81. The Morgan fingerprint density at radius 2 is 1.77 bits per heavy atom. The molecule has 2 bridgehead atoms. The van der Waals surface area contributed by atoms with E-state index in [-0.39, 0.29) is 29.6 Å². The number of piperidine rings is 1. The first-order valence-corrected chi connectivity index (χ1v) is 16.0. The van der Waals surface area contributed by atoms with E-state index in [0.29, 0.717) is 55.5 Å². The SMILES string of the molecule is COC(=O)C[C@H](c1ccc(OCCc2ccc(OC)cc2)c(OC)c1)c1oc(CN2C[C@@H]3C[C@H](C2)c2cccc(=O)n2C3)cc(=O)c1O. The molecule has 2 aliphatic rings. The summed E-state index contributed by atoms with van der Waals surface area (Å²) in [5.41, 5.74) is 2.11. The first-order valence-electron chi connectivity index (χ1n) is 16.0. The van der Waals surface area contributed by atoms with Crippen LogP contribution in [0.4, 0.5) is 0 Å². The second kappa shape index (κ2) is 14.4. The number of ether oxygens (including phenoxy) is 4. The summed E-state index contributed by atoms with van der Waals surface area (Å²) in [5, 5.41) is 11.0. The molecule has 1 fully saturated rings. The highest BCUT2D eigenvalue weighted by molar-refractivity contribution is 5.71. The van der Waals surface area contributed by atoms with Crippen LogP contribution in [0.5, 0.6) is 23.0 Å². The molecule has 4 aromatic rings. The zero-order chi connectivity index (χ0) is 33.8. The monoisotopic (exact) mass is 656 g/mol. The molecule has 48 heavy (non-hydrogen) atoms. The maximum absolute atomic E-state index is 13.1. The number of aromatic nitrogens is 1. The van der Waals surface area contributed by atoms with E-state index in [1.807, 2.05) is 34.9 Å². The molecule has 2 aromatic heterocycles. The molecular formula is C37H40N2O9. The number of pyridine rings is 1. The van der Waals surface area contributed by atoms with E-state index in [0.717, 1.165) is 30.0 Å². The smallest absolute Gasteiger partial charge is 0.306 e. The van der Waals surface area contributed by atoms with E-state index in [1.54, 1.807) is 37.4 Å². The van der Waals surface area contributed by atoms with Gasteiger partial charge in [0, 0.05) is 49.8 Å². The molecule has 2 aromatic carbocycles. The lowest BCUT2D eigenvalue weighted by molar-refractivity contribution is -0.140. The third-order valence-corrected chi connectivity index (χ3v) is 9.25. The van der Waals surface area contributed by atoms with Crippen molar-refractivity contribution >= 4 is 5.97 Å². The van der Waals surface area contributed by atoms with E-state index in [4.69, 9.17) is 23.4 Å². The number of nitrogens with zero attached hydrogens (tertiary/aromatic N) is 2. The van der Waals surface area contributed by atoms with E-state index in [9.17, 15) is 19.5 Å². The van der Waals surface area contributed by atoms with Gasteiger partial charge in [0.2, 0.25) is 11.2 Å². The first kappa shape index (κ1) is 32.9. The molecule has 1 saturated heterocycles. The van der Waals surface area contributed by atoms with Crippen molar-refractivity contribution in [2.75, 3.05) is 41.0 Å². The highest BCUT2D eigenvalue weighted by Crippen LogP contribution is 2.39. The Balaban J connectivity index is 1.23. The summed E-state index contributed by atoms with van der Waals surface area (Å²) in [6, 6.07) is 19.7. The quantitative estimate of drug-likeness (QED) is 0.218. The van der Waals surface area contributed by atoms with Crippen LogP contribution in [0.25, 0.3) is 0 Å². The van der Waals surface area contributed by atoms with Crippen LogP contribution in [0.1, 0.15) is 53.0 Å². The third kappa shape index (κ3) is 7.11. The summed E-state index contributed by atoms with van der Waals surface area (Å²) >= 11 is 0. The zero-order valence-corrected chi connectivity index (χ0v) is 27.3. The van der Waals surface area contributed by atoms with Gasteiger partial charge in [-0.05, 0) is 53.8 Å². The minimum Gasteiger partial charge on any atom is -0.502 e. The van der Waals surface area contributed by atoms with Gasteiger partial charge in [0.05, 0.1) is 46.8 Å². The Hall–Kier alpha value is -5.03. The Kier molecular flexibility index (Phi) is 9.86. The van der Waals surface area contributed by atoms with Gasteiger partial charge in [-0.3, -0.25) is 19.3 Å². The number of benzene rings is 2. The number of rotatable bonds is 12. The molecule has 11 nitrogen and oxygen atoms in total. The van der Waals surface area contributed by atoms with E-state index < -0.39 is 23.1 Å². The second-order valence-corrected chi connectivity index (χ2v) is 12.4. The van der Waals surface area contributed by atoms with Crippen LogP contribution in [-0.4, -0.2) is 61.6 Å². The van der Waals surface area contributed by atoms with Crippen molar-refractivity contribution in [2.45, 2.75) is 44.2 Å². The Morgan fingerprint density at radius 1 is 0.958 bits per heavy atom. The Morgan fingerprint density at radius 3 is 2.52 bits per heavy atom. The summed E-state index contributed by atoms with van der Waals surface area (Å²) in [5.74, 6) is 0.601. The molecule has 0 unspecified atom stereocenters. The van der Waals surface area contributed by atoms with Gasteiger partial charge >= 0.3 is 5.97 Å². The molecule has 1 N–H and O–H groups in total. The van der Waals surface area contributed by atoms with Crippen molar-refractivity contribution < 1.29 is 33.3 Å². The Bertz CT molecular complexity index is 1880. The largest absolute Gasteiger partial charge is 0.502 e. The van der Waals surface area contributed by atoms with Gasteiger partial charge in [0.15, 0.2) is 17.3 Å². The number of carbonyl (C=O) groups excluding carboxylic acids is 1. The molecule has 11 heteroatoms. The number of likely N-dealkylation sites (tertiary alicyclic amines) is 1. The summed E-state index contributed by atoms with van der Waals surface area (Å²) in [6.07, 6.45) is 1.47. The number of methoxy groups -OCH3 is 3. The van der Waals surface area contributed by atoms with Crippen LogP contribution in [0.15, 0.2) is 80.7 Å². The molecule has 0 spiro atoms. The summed E-state index contributed by atoms with van der Waals surface area (Å²) in [4.78, 5) is 40.4. The van der Waals surface area contributed by atoms with Gasteiger partial charge in [-0.1, -0.05) is 24.3 Å². The van der Waals surface area contributed by atoms with E-state index in [1.165, 1.54) is 20.3 Å². The minimum absolute atomic E-state index is 0.0197. The molecule has 3 atom stereocenters. The molecule has 0 saturated carbocycles. The number of aromatic hydroxyl groups is 1. The Labute approximate surface area is 278 Å². The zero-order valence-electron chi connectivity index (χ0n) is 27.3. The molecule has 0 amide bonds. The normalized spacial score (nSPS) is 17.6. The lowest BCUT2D eigenvalue weighted by atomic mass is 9.83. The molecule has 4 heterocycles. The summed E-state index contributed by atoms with van der Waals surface area (Å²) < 4.78 is 30.0. The average Bonchev–Trinajstić information content (AvgIpc) is 3.09. The van der Waals surface area contributed by atoms with Gasteiger partial charge in [0.1, 0.15) is 11.5 Å². The number of fused-ring (bicyclic) bond motifs is 4. The lowest BCUT2D eigenvalue weighted by Crippen LogP contribution is -2.46. The molecule has 252 valence electrons. The number of carbonyl (C=O) groups is 1. The number of esters is 1. The fourth-order valence-corrected chi connectivity index (χ4v) is 6.92. The topological polar surface area (TPSA) is 130 Å². The fraction of sp³-hybridized carbons (Fsp3) is 0.378. The number of hydrogen-bond acceptors (Lipinski definition) is 10. The molecule has 0 aliphatic carbocycles. The van der Waals surface area contributed by atoms with Gasteiger partial charge in [-0.15, -0.1) is 0 Å². The van der Waals surface area contributed by atoms with Crippen molar-refractivity contribution in [2.24, 2.45) is 5.92 Å². The van der Waals surface area contributed by atoms with Crippen LogP contribution >= 0.6 is 0 Å². The number of hydrogen-bond donors (Lipinski definition) is 1. The van der Waals surface area contributed by atoms with Crippen molar-refractivity contribution in [3.8, 4) is 23.0 Å². The van der Waals surface area contributed by atoms with Crippen LogP contribution in [0, 0.1) is 5.92 Å². The molecule has 6 rings (SSSR count). The van der Waals surface area contributed by atoms with Crippen molar-refractivity contribution in [1.82, 2.24) is 9.47 Å². The van der Waals surface area contributed by atoms with Gasteiger partial charge in [0.25, 0.3) is 5.56 Å². The highest BCUT2D eigenvalue weighted by atomic mass is 16.5. The van der Waals surface area contributed by atoms with Gasteiger partial charge in [-0.25, -0.2) is 0 Å². The van der Waals surface area contributed by atoms with Crippen LogP contribution in [0.2, 0.25) is 0 Å². The standard InChI is InChI=1S/C37H40N2O9/c1-44-27-10-7-23(8-11-27)13-14-47-32-12-9-25(16-33(32)45-2)29(18-35(42)46-3)37-36(43)31(40)17-28(48-37)22-38-19-24-15-26(21-38)30-5-4-6-34(41)39(30)20-24/h4-12,16-17,24,26,29,43H,13-15,18-22H2,1-3H3/t24-,26+,29+/m0/s1. The fourth-order valence-electron chi connectivity index (χ4n) is 6.92. The maximum Gasteiger partial charge on any atom is 0.306 e. The van der Waals surface area contributed by atoms with Crippen molar-refractivity contribution in [1.29, 1.82) is 0 Å².